The van der Waals surface area contributed by atoms with Gasteiger partial charge in [0.2, 0.25) is 0 Å². The zero-order valence-electron chi connectivity index (χ0n) is 13.9. The highest BCUT2D eigenvalue weighted by Gasteiger charge is 2.30. The van der Waals surface area contributed by atoms with Gasteiger partial charge in [-0.05, 0) is 46.7 Å². The summed E-state index contributed by atoms with van der Waals surface area (Å²) < 4.78 is 40.5. The highest BCUT2D eigenvalue weighted by molar-refractivity contribution is 5.68. The lowest BCUT2D eigenvalue weighted by Gasteiger charge is -2.15. The molecule has 0 spiro atoms. The first kappa shape index (κ1) is 18.8. The number of ether oxygens (including phenoxy) is 1. The van der Waals surface area contributed by atoms with E-state index in [0.29, 0.717) is 6.42 Å². The van der Waals surface area contributed by atoms with Gasteiger partial charge in [-0.15, -0.1) is 13.2 Å². The smallest absolute Gasteiger partial charge is 0.481 e. The van der Waals surface area contributed by atoms with E-state index in [9.17, 15) is 18.0 Å². The Labute approximate surface area is 144 Å². The lowest BCUT2D eigenvalue weighted by molar-refractivity contribution is -0.274. The Bertz CT molecular complexity index is 735. The fourth-order valence-electron chi connectivity index (χ4n) is 2.66. The van der Waals surface area contributed by atoms with Crippen LogP contribution in [-0.4, -0.2) is 17.4 Å². The molecule has 0 aliphatic rings. The number of aryl methyl sites for hydroxylation is 1. The molecule has 25 heavy (non-hydrogen) atoms. The van der Waals surface area contributed by atoms with Crippen molar-refractivity contribution in [2.45, 2.75) is 39.0 Å². The molecule has 2 rings (SSSR count). The molecular weight excluding hydrogens is 333 g/mol. The number of halogens is 3. The van der Waals surface area contributed by atoms with Crippen molar-refractivity contribution in [3.63, 3.8) is 0 Å². The molecule has 1 N–H and O–H groups in total. The minimum absolute atomic E-state index is 0.0293. The topological polar surface area (TPSA) is 46.5 Å². The first-order valence-corrected chi connectivity index (χ1v) is 7.86. The first-order chi connectivity index (χ1) is 11.7. The third-order valence-electron chi connectivity index (χ3n) is 3.79. The molecule has 0 fully saturated rings. The molecule has 0 amide bonds. The lowest BCUT2D eigenvalue weighted by Crippen LogP contribution is -2.16. The molecule has 0 aliphatic carbocycles. The van der Waals surface area contributed by atoms with Crippen LogP contribution in [0.15, 0.2) is 42.5 Å². The monoisotopic (exact) mass is 352 g/mol. The maximum atomic E-state index is 12.2. The maximum Gasteiger partial charge on any atom is 0.573 e. The lowest BCUT2D eigenvalue weighted by atomic mass is 9.91. The summed E-state index contributed by atoms with van der Waals surface area (Å²) in [4.78, 5) is 10.9. The molecule has 134 valence electrons. The molecule has 6 heteroatoms. The van der Waals surface area contributed by atoms with E-state index < -0.39 is 12.3 Å². The quantitative estimate of drug-likeness (QED) is 0.758. The second-order valence-electron chi connectivity index (χ2n) is 6.03. The number of carboxylic acid groups (broad SMARTS) is 1. The van der Waals surface area contributed by atoms with Gasteiger partial charge in [0.1, 0.15) is 5.75 Å². The molecule has 0 bridgehead atoms. The van der Waals surface area contributed by atoms with Gasteiger partial charge in [-0.3, -0.25) is 4.79 Å². The van der Waals surface area contributed by atoms with Gasteiger partial charge in [-0.25, -0.2) is 0 Å². The first-order valence-electron chi connectivity index (χ1n) is 7.86. The van der Waals surface area contributed by atoms with E-state index in [0.717, 1.165) is 22.3 Å². The van der Waals surface area contributed by atoms with Gasteiger partial charge in [0.25, 0.3) is 0 Å². The summed E-state index contributed by atoms with van der Waals surface area (Å²) in [7, 11) is 0. The van der Waals surface area contributed by atoms with Crippen LogP contribution in [0.3, 0.4) is 0 Å². The van der Waals surface area contributed by atoms with Gasteiger partial charge < -0.3 is 9.84 Å². The Balaban J connectivity index is 2.29. The van der Waals surface area contributed by atoms with E-state index >= 15 is 0 Å². The van der Waals surface area contributed by atoms with E-state index in [2.05, 4.69) is 4.74 Å². The fourth-order valence-corrected chi connectivity index (χ4v) is 2.66. The zero-order valence-corrected chi connectivity index (χ0v) is 13.9. The molecule has 0 saturated carbocycles. The van der Waals surface area contributed by atoms with Crippen molar-refractivity contribution in [2.75, 3.05) is 0 Å². The van der Waals surface area contributed by atoms with Gasteiger partial charge in [-0.1, -0.05) is 44.2 Å². The highest BCUT2D eigenvalue weighted by atomic mass is 19.4. The third-order valence-corrected chi connectivity index (χ3v) is 3.79. The molecule has 0 radical (unpaired) electrons. The molecule has 0 aromatic heterocycles. The Hall–Kier alpha value is -2.50. The average Bonchev–Trinajstić information content (AvgIpc) is 2.51. The van der Waals surface area contributed by atoms with E-state index in [1.807, 2.05) is 32.0 Å². The normalized spacial score (nSPS) is 11.6. The predicted octanol–water partition coefficient (Wildman–Crippen LogP) is 5.39. The summed E-state index contributed by atoms with van der Waals surface area (Å²) in [5, 5.41) is 8.91. The molecule has 3 nitrogen and oxygen atoms in total. The number of benzene rings is 2. The van der Waals surface area contributed by atoms with E-state index in [1.54, 1.807) is 12.1 Å². The molecule has 0 aliphatic heterocycles. The van der Waals surface area contributed by atoms with Gasteiger partial charge in [0.05, 0.1) is 0 Å². The van der Waals surface area contributed by atoms with Crippen molar-refractivity contribution in [1.29, 1.82) is 0 Å². The molecular formula is C19H19F3O3. The van der Waals surface area contributed by atoms with Gasteiger partial charge in [0.15, 0.2) is 0 Å². The van der Waals surface area contributed by atoms with E-state index in [4.69, 9.17) is 5.11 Å². The number of alkyl halides is 3. The Kier molecular flexibility index (Phi) is 5.72. The summed E-state index contributed by atoms with van der Waals surface area (Å²) in [6.45, 7) is 4.06. The Morgan fingerprint density at radius 2 is 1.68 bits per heavy atom. The minimum atomic E-state index is -4.72. The summed E-state index contributed by atoms with van der Waals surface area (Å²) >= 11 is 0. The predicted molar refractivity (Wildman–Crippen MR) is 88.6 cm³/mol. The zero-order chi connectivity index (χ0) is 18.6. The van der Waals surface area contributed by atoms with Crippen LogP contribution < -0.4 is 4.74 Å². The van der Waals surface area contributed by atoms with Crippen molar-refractivity contribution >= 4 is 5.97 Å². The van der Waals surface area contributed by atoms with E-state index in [-0.39, 0.29) is 18.1 Å². The largest absolute Gasteiger partial charge is 0.573 e. The van der Waals surface area contributed by atoms with Crippen LogP contribution in [0.1, 0.15) is 37.3 Å². The van der Waals surface area contributed by atoms with Crippen LogP contribution in [-0.2, 0) is 11.2 Å². The van der Waals surface area contributed by atoms with Gasteiger partial charge in [0, 0.05) is 6.42 Å². The minimum Gasteiger partial charge on any atom is -0.481 e. The summed E-state index contributed by atoms with van der Waals surface area (Å²) in [6, 6.07) is 11.3. The van der Waals surface area contributed by atoms with Crippen LogP contribution in [0.2, 0.25) is 0 Å². The summed E-state index contributed by atoms with van der Waals surface area (Å²) in [6.07, 6.45) is -4.28. The van der Waals surface area contributed by atoms with Crippen LogP contribution in [0.4, 0.5) is 13.2 Å². The van der Waals surface area contributed by atoms with Crippen molar-refractivity contribution in [2.24, 2.45) is 0 Å². The van der Waals surface area contributed by atoms with Crippen LogP contribution in [0.5, 0.6) is 5.75 Å². The highest BCUT2D eigenvalue weighted by Crippen LogP contribution is 2.30. The molecule has 2 aromatic carbocycles. The number of carboxylic acids is 1. The number of carbonyl (C=O) groups is 1. The Morgan fingerprint density at radius 3 is 2.20 bits per heavy atom. The second kappa shape index (κ2) is 7.59. The number of hydrogen-bond acceptors (Lipinski definition) is 2. The Morgan fingerprint density at radius 1 is 1.08 bits per heavy atom. The summed E-state index contributed by atoms with van der Waals surface area (Å²) in [5.74, 6) is -0.893. The second-order valence-corrected chi connectivity index (χ2v) is 6.03. The standard InChI is InChI=1S/C19H19F3O3/c1-12(2)17-9-5-14(11-15(17)6-10-18(23)24)13-3-7-16(8-4-13)25-19(20,21)22/h3-5,7-9,11-12H,6,10H2,1-2H3,(H,23,24). The van der Waals surface area contributed by atoms with Gasteiger partial charge >= 0.3 is 12.3 Å². The average molecular weight is 352 g/mol. The molecule has 0 unspecified atom stereocenters. The molecule has 2 aromatic rings. The van der Waals surface area contributed by atoms with Crippen LogP contribution in [0, 0.1) is 0 Å². The van der Waals surface area contributed by atoms with Crippen molar-refractivity contribution in [3.8, 4) is 16.9 Å². The molecule has 0 atom stereocenters. The SMILES string of the molecule is CC(C)c1ccc(-c2ccc(OC(F)(F)F)cc2)cc1CCC(=O)O. The fraction of sp³-hybridized carbons (Fsp3) is 0.316. The van der Waals surface area contributed by atoms with Crippen molar-refractivity contribution in [3.05, 3.63) is 53.6 Å². The molecule has 0 saturated heterocycles. The van der Waals surface area contributed by atoms with Crippen LogP contribution >= 0.6 is 0 Å². The van der Waals surface area contributed by atoms with Crippen LogP contribution in [0.25, 0.3) is 11.1 Å². The summed E-state index contributed by atoms with van der Waals surface area (Å²) in [5.41, 5.74) is 3.57. The number of hydrogen-bond donors (Lipinski definition) is 1. The third kappa shape index (κ3) is 5.52. The van der Waals surface area contributed by atoms with Crippen molar-refractivity contribution < 1.29 is 27.8 Å². The molecule has 0 heterocycles. The van der Waals surface area contributed by atoms with Crippen molar-refractivity contribution in [1.82, 2.24) is 0 Å². The maximum absolute atomic E-state index is 12.2. The number of aliphatic carboxylic acids is 1. The number of rotatable bonds is 6. The van der Waals surface area contributed by atoms with Gasteiger partial charge in [-0.2, -0.15) is 0 Å². The van der Waals surface area contributed by atoms with E-state index in [1.165, 1.54) is 12.1 Å².